The van der Waals surface area contributed by atoms with Crippen molar-refractivity contribution in [2.75, 3.05) is 25.0 Å². The lowest BCUT2D eigenvalue weighted by molar-refractivity contribution is -0.131. The van der Waals surface area contributed by atoms with E-state index in [0.29, 0.717) is 25.0 Å². The molecule has 0 aliphatic rings. The molecule has 2 radical (unpaired) electrons. The van der Waals surface area contributed by atoms with Crippen LogP contribution in [0.3, 0.4) is 0 Å². The molecule has 0 spiro atoms. The van der Waals surface area contributed by atoms with Gasteiger partial charge in [-0.25, -0.2) is 4.79 Å². The highest BCUT2D eigenvalue weighted by molar-refractivity contribution is 6.08. The van der Waals surface area contributed by atoms with E-state index in [9.17, 15) is 19.2 Å². The third-order valence-electron chi connectivity index (χ3n) is 4.71. The quantitative estimate of drug-likeness (QED) is 0.193. The zero-order valence-electron chi connectivity index (χ0n) is 24.6. The van der Waals surface area contributed by atoms with Crippen LogP contribution in [0.2, 0.25) is 0 Å². The molecule has 0 bridgehead atoms. The second kappa shape index (κ2) is 20.8. The Balaban J connectivity index is 0. The van der Waals surface area contributed by atoms with E-state index in [1.165, 1.54) is 0 Å². The first-order valence-corrected chi connectivity index (χ1v) is 13.1. The predicted molar refractivity (Wildman–Crippen MR) is 157 cm³/mol. The number of hydrogen-bond donors (Lipinski definition) is 7. The fourth-order valence-electron chi connectivity index (χ4n) is 2.59. The first-order valence-electron chi connectivity index (χ1n) is 13.1. The van der Waals surface area contributed by atoms with Gasteiger partial charge >= 0.3 is 6.03 Å². The number of primary amides is 1. The number of nitrogens with one attached hydrogen (secondary N) is 4. The molecule has 39 heavy (non-hydrogen) atoms. The molecular formula is C27H49BN6O5. The van der Waals surface area contributed by atoms with Gasteiger partial charge in [0.2, 0.25) is 17.7 Å². The molecule has 1 aromatic carbocycles. The Morgan fingerprint density at radius 3 is 1.90 bits per heavy atom. The van der Waals surface area contributed by atoms with E-state index in [4.69, 9.17) is 24.4 Å². The summed E-state index contributed by atoms with van der Waals surface area (Å²) in [5, 5.41) is 18.7. The minimum absolute atomic E-state index is 0.0486. The van der Waals surface area contributed by atoms with E-state index in [0.717, 1.165) is 12.0 Å². The van der Waals surface area contributed by atoms with Crippen molar-refractivity contribution in [3.05, 3.63) is 29.8 Å². The first-order chi connectivity index (χ1) is 18.1. The van der Waals surface area contributed by atoms with Crippen LogP contribution >= 0.6 is 0 Å². The van der Waals surface area contributed by atoms with Crippen LogP contribution in [-0.4, -0.2) is 68.0 Å². The molecule has 0 fully saturated rings. The van der Waals surface area contributed by atoms with Gasteiger partial charge in [0, 0.05) is 24.2 Å². The van der Waals surface area contributed by atoms with Crippen LogP contribution in [0.4, 0.5) is 10.5 Å². The van der Waals surface area contributed by atoms with E-state index in [2.05, 4.69) is 21.3 Å². The van der Waals surface area contributed by atoms with Crippen molar-refractivity contribution in [2.45, 2.75) is 79.2 Å². The standard InChI is InChI=1S/C19H28BN3O3.C4H10N2O.C4H11NO/c1-12(2)9-16(24)23-18(13(3)4)19(26)21-11-17(25)22-15-7-5-14(10-20)6-8-15;1-2-3-6-4(5)7;1-4(2,5)3-6/h5-8,12-13,18H,9-11H2,1-4H3,(H,21,26)(H,22,25)(H,23,24);2-3H2,1H3,(H3,5,6,7);6H,3,5H2,1-2H3. The van der Waals surface area contributed by atoms with E-state index in [1.54, 1.807) is 26.0 Å². The van der Waals surface area contributed by atoms with Crippen molar-refractivity contribution in [2.24, 2.45) is 23.3 Å². The Bertz CT molecular complexity index is 857. The van der Waals surface area contributed by atoms with E-state index in [-0.39, 0.29) is 42.7 Å². The summed E-state index contributed by atoms with van der Waals surface area (Å²) in [4.78, 5) is 46.1. The molecule has 0 saturated carbocycles. The third kappa shape index (κ3) is 22.6. The van der Waals surface area contributed by atoms with Gasteiger partial charge in [-0.2, -0.15) is 0 Å². The fourth-order valence-corrected chi connectivity index (χ4v) is 2.59. The number of rotatable bonds is 12. The number of carbonyl (C=O) groups excluding carboxylic acids is 4. The minimum atomic E-state index is -0.669. The second-order valence-corrected chi connectivity index (χ2v) is 10.5. The van der Waals surface area contributed by atoms with Gasteiger partial charge in [0.15, 0.2) is 0 Å². The van der Waals surface area contributed by atoms with E-state index < -0.39 is 17.6 Å². The molecule has 5 amide bonds. The number of benzene rings is 1. The summed E-state index contributed by atoms with van der Waals surface area (Å²) >= 11 is 0. The molecular weight excluding hydrogens is 499 g/mol. The zero-order chi connectivity index (χ0) is 30.6. The number of carbonyl (C=O) groups is 4. The van der Waals surface area contributed by atoms with Crippen molar-refractivity contribution < 1.29 is 24.3 Å². The van der Waals surface area contributed by atoms with Crippen molar-refractivity contribution in [1.29, 1.82) is 0 Å². The minimum Gasteiger partial charge on any atom is -0.394 e. The summed E-state index contributed by atoms with van der Waals surface area (Å²) < 4.78 is 0. The number of anilines is 1. The first kappa shape index (κ1) is 38.0. The number of amides is 5. The highest BCUT2D eigenvalue weighted by atomic mass is 16.3. The second-order valence-electron chi connectivity index (χ2n) is 10.5. The van der Waals surface area contributed by atoms with Crippen LogP contribution in [0.15, 0.2) is 24.3 Å². The van der Waals surface area contributed by atoms with Gasteiger partial charge < -0.3 is 37.8 Å². The van der Waals surface area contributed by atoms with Gasteiger partial charge in [0.05, 0.1) is 21.0 Å². The molecule has 0 aliphatic carbocycles. The Morgan fingerprint density at radius 2 is 1.54 bits per heavy atom. The monoisotopic (exact) mass is 548 g/mol. The van der Waals surface area contributed by atoms with Gasteiger partial charge in [-0.15, -0.1) is 0 Å². The summed E-state index contributed by atoms with van der Waals surface area (Å²) in [6.07, 6.45) is 1.72. The third-order valence-corrected chi connectivity index (χ3v) is 4.71. The largest absolute Gasteiger partial charge is 0.394 e. The molecule has 12 heteroatoms. The molecule has 11 nitrogen and oxygen atoms in total. The van der Waals surface area contributed by atoms with Crippen LogP contribution in [0.25, 0.3) is 0 Å². The summed E-state index contributed by atoms with van der Waals surface area (Å²) in [5.74, 6) is -0.751. The van der Waals surface area contributed by atoms with Crippen LogP contribution in [0, 0.1) is 11.8 Å². The lowest BCUT2D eigenvalue weighted by Gasteiger charge is -2.22. The summed E-state index contributed by atoms with van der Waals surface area (Å²) in [6, 6.07) is 6.05. The maximum Gasteiger partial charge on any atom is 0.312 e. The average molecular weight is 549 g/mol. The number of nitrogens with two attached hydrogens (primary N) is 2. The number of aliphatic hydroxyl groups is 1. The SMILES string of the molecule is CC(C)(N)CO.CCCNC(N)=O.[B]Cc1ccc(NC(=O)CNC(=O)C(NC(=O)CC(C)C)C(C)C)cc1. The lowest BCUT2D eigenvalue weighted by Crippen LogP contribution is -2.51. The number of aliphatic hydroxyl groups excluding tert-OH is 1. The molecule has 1 unspecified atom stereocenters. The molecule has 0 heterocycles. The van der Waals surface area contributed by atoms with Crippen LogP contribution < -0.4 is 32.7 Å². The summed E-state index contributed by atoms with van der Waals surface area (Å²) in [5.41, 5.74) is 11.2. The highest BCUT2D eigenvalue weighted by Gasteiger charge is 2.24. The fraction of sp³-hybridized carbons (Fsp3) is 0.630. The van der Waals surface area contributed by atoms with Gasteiger partial charge in [-0.05, 0) is 44.2 Å². The summed E-state index contributed by atoms with van der Waals surface area (Å²) in [6.45, 7) is 13.6. The Labute approximate surface area is 235 Å². The van der Waals surface area contributed by atoms with Crippen molar-refractivity contribution in [3.8, 4) is 0 Å². The zero-order valence-corrected chi connectivity index (χ0v) is 24.6. The van der Waals surface area contributed by atoms with E-state index in [1.807, 2.05) is 46.8 Å². The molecule has 1 atom stereocenters. The highest BCUT2D eigenvalue weighted by Crippen LogP contribution is 2.09. The topological polar surface area (TPSA) is 189 Å². The van der Waals surface area contributed by atoms with Crippen molar-refractivity contribution in [1.82, 2.24) is 16.0 Å². The van der Waals surface area contributed by atoms with Crippen molar-refractivity contribution >= 4 is 37.3 Å². The lowest BCUT2D eigenvalue weighted by atomic mass is 9.97. The van der Waals surface area contributed by atoms with Crippen LogP contribution in [0.1, 0.15) is 66.9 Å². The van der Waals surface area contributed by atoms with Gasteiger partial charge in [-0.3, -0.25) is 14.4 Å². The molecule has 0 aliphatic heterocycles. The molecule has 1 aromatic rings. The van der Waals surface area contributed by atoms with Gasteiger partial charge in [0.25, 0.3) is 0 Å². The Morgan fingerprint density at radius 1 is 1.00 bits per heavy atom. The Hall–Kier alpha value is -3.12. The molecule has 0 aromatic heterocycles. The summed E-state index contributed by atoms with van der Waals surface area (Å²) in [7, 11) is 5.53. The molecule has 9 N–H and O–H groups in total. The average Bonchev–Trinajstić information content (AvgIpc) is 2.84. The maximum atomic E-state index is 12.3. The van der Waals surface area contributed by atoms with Crippen molar-refractivity contribution in [3.63, 3.8) is 0 Å². The van der Waals surface area contributed by atoms with E-state index >= 15 is 0 Å². The van der Waals surface area contributed by atoms with Gasteiger partial charge in [0.1, 0.15) is 6.04 Å². The maximum absolute atomic E-state index is 12.3. The molecule has 220 valence electrons. The van der Waals surface area contributed by atoms with Crippen LogP contribution in [0.5, 0.6) is 0 Å². The van der Waals surface area contributed by atoms with Crippen LogP contribution in [-0.2, 0) is 20.7 Å². The number of hydrogen-bond acceptors (Lipinski definition) is 6. The number of urea groups is 1. The molecule has 1 rings (SSSR count). The smallest absolute Gasteiger partial charge is 0.312 e. The van der Waals surface area contributed by atoms with Gasteiger partial charge in [-0.1, -0.05) is 58.6 Å². The molecule has 0 saturated heterocycles. The predicted octanol–water partition coefficient (Wildman–Crippen LogP) is 1.38. The normalized spacial score (nSPS) is 11.3. The Kier molecular flexibility index (Phi) is 20.3.